The van der Waals surface area contributed by atoms with Crippen LogP contribution in [0.15, 0.2) is 42.6 Å². The van der Waals surface area contributed by atoms with Crippen LogP contribution in [0.4, 0.5) is 14.6 Å². The van der Waals surface area contributed by atoms with Crippen molar-refractivity contribution in [1.29, 1.82) is 0 Å². The summed E-state index contributed by atoms with van der Waals surface area (Å²) in [7, 11) is 0. The Hall–Kier alpha value is -2.77. The molecule has 5 nitrogen and oxygen atoms in total. The van der Waals surface area contributed by atoms with E-state index in [1.807, 2.05) is 0 Å². The molecular weight excluding hydrogens is 395 g/mol. The number of benzene rings is 2. The number of rotatable bonds is 3. The number of nitrogens with zero attached hydrogens (tertiary/aromatic N) is 4. The Kier molecular flexibility index (Phi) is 4.41. The second kappa shape index (κ2) is 6.75. The van der Waals surface area contributed by atoms with Gasteiger partial charge in [0.1, 0.15) is 17.5 Å². The number of anilines is 1. The van der Waals surface area contributed by atoms with Gasteiger partial charge in [-0.25, -0.2) is 18.7 Å². The molecular formula is C18H11Cl2F2N5. The Morgan fingerprint density at radius 2 is 1.59 bits per heavy atom. The molecule has 0 aliphatic carbocycles. The third kappa shape index (κ3) is 3.20. The van der Waals surface area contributed by atoms with Crippen LogP contribution in [0, 0.1) is 11.6 Å². The monoisotopic (exact) mass is 405 g/mol. The minimum atomic E-state index is -0.781. The second-order valence-electron chi connectivity index (χ2n) is 5.79. The maximum absolute atomic E-state index is 14.0. The molecule has 2 aromatic carbocycles. The lowest BCUT2D eigenvalue weighted by Gasteiger charge is -2.06. The number of hydrogen-bond acceptors (Lipinski definition) is 4. The first-order valence-electron chi connectivity index (χ1n) is 7.82. The molecule has 2 N–H and O–H groups in total. The highest BCUT2D eigenvalue weighted by Crippen LogP contribution is 2.28. The Bertz CT molecular complexity index is 1140. The molecule has 0 atom stereocenters. The average Bonchev–Trinajstić information content (AvgIpc) is 3.01. The quantitative estimate of drug-likeness (QED) is 0.535. The molecule has 27 heavy (non-hydrogen) atoms. The number of nitrogens with two attached hydrogens (primary N) is 1. The van der Waals surface area contributed by atoms with Gasteiger partial charge in [0.2, 0.25) is 0 Å². The lowest BCUT2D eigenvalue weighted by Crippen LogP contribution is -2.02. The molecule has 0 fully saturated rings. The van der Waals surface area contributed by atoms with E-state index in [0.29, 0.717) is 21.0 Å². The van der Waals surface area contributed by atoms with Crippen LogP contribution in [0.2, 0.25) is 10.0 Å². The zero-order chi connectivity index (χ0) is 19.1. The topological polar surface area (TPSA) is 69.6 Å². The van der Waals surface area contributed by atoms with Crippen molar-refractivity contribution in [2.75, 3.05) is 5.73 Å². The van der Waals surface area contributed by atoms with Gasteiger partial charge in [0.25, 0.3) is 0 Å². The summed E-state index contributed by atoms with van der Waals surface area (Å²) >= 11 is 12.4. The lowest BCUT2D eigenvalue weighted by atomic mass is 10.2. The summed E-state index contributed by atoms with van der Waals surface area (Å²) in [5.74, 6) is -1.67. The predicted molar refractivity (Wildman–Crippen MR) is 101 cm³/mol. The second-order valence-corrected chi connectivity index (χ2v) is 6.61. The molecule has 9 heteroatoms. The number of aromatic nitrogens is 4. The van der Waals surface area contributed by atoms with Gasteiger partial charge in [-0.3, -0.25) is 4.68 Å². The van der Waals surface area contributed by atoms with E-state index in [0.717, 1.165) is 12.1 Å². The first-order valence-corrected chi connectivity index (χ1v) is 8.57. The molecule has 0 saturated heterocycles. The van der Waals surface area contributed by atoms with E-state index in [1.165, 1.54) is 6.07 Å². The summed E-state index contributed by atoms with van der Waals surface area (Å²) < 4.78 is 29.6. The number of nitrogen functional groups attached to an aromatic ring is 1. The van der Waals surface area contributed by atoms with Gasteiger partial charge in [-0.1, -0.05) is 35.3 Å². The Morgan fingerprint density at radius 3 is 2.26 bits per heavy atom. The van der Waals surface area contributed by atoms with Gasteiger partial charge in [0.05, 0.1) is 17.5 Å². The van der Waals surface area contributed by atoms with E-state index in [2.05, 4.69) is 15.1 Å². The standard InChI is InChI=1S/C18H11Cl2F2N5/c19-11-3-1-4-12(20)9(11)7-27-8-10-16(23)24-18(25-17(10)26-27)15-13(21)5-2-6-14(15)22/h1-6,8H,7H2,(H2,23,24,25,26). The van der Waals surface area contributed by atoms with Crippen LogP contribution < -0.4 is 5.73 Å². The van der Waals surface area contributed by atoms with E-state index in [1.54, 1.807) is 29.1 Å². The summed E-state index contributed by atoms with van der Waals surface area (Å²) in [5, 5.41) is 5.77. The van der Waals surface area contributed by atoms with Gasteiger partial charge in [-0.2, -0.15) is 5.10 Å². The fourth-order valence-electron chi connectivity index (χ4n) is 2.72. The number of halogens is 4. The molecule has 0 amide bonds. The minimum absolute atomic E-state index is 0.0640. The summed E-state index contributed by atoms with van der Waals surface area (Å²) in [6.45, 7) is 0.275. The molecule has 2 aromatic heterocycles. The fraction of sp³-hybridized carbons (Fsp3) is 0.0556. The lowest BCUT2D eigenvalue weighted by molar-refractivity contribution is 0.587. The highest BCUT2D eigenvalue weighted by atomic mass is 35.5. The van der Waals surface area contributed by atoms with Crippen LogP contribution in [0.1, 0.15) is 5.56 Å². The Balaban J connectivity index is 1.81. The van der Waals surface area contributed by atoms with Crippen molar-refractivity contribution in [2.24, 2.45) is 0 Å². The van der Waals surface area contributed by atoms with Gasteiger partial charge >= 0.3 is 0 Å². The molecule has 0 saturated carbocycles. The summed E-state index contributed by atoms with van der Waals surface area (Å²) in [5.41, 5.74) is 6.50. The van der Waals surface area contributed by atoms with Crippen molar-refractivity contribution in [1.82, 2.24) is 19.7 Å². The fourth-order valence-corrected chi connectivity index (χ4v) is 3.24. The van der Waals surface area contributed by atoms with Crippen LogP contribution in [0.5, 0.6) is 0 Å². The van der Waals surface area contributed by atoms with Crippen molar-refractivity contribution in [3.05, 3.63) is 69.8 Å². The molecule has 0 radical (unpaired) electrons. The summed E-state index contributed by atoms with van der Waals surface area (Å²) in [6.07, 6.45) is 1.63. The van der Waals surface area contributed by atoms with Crippen molar-refractivity contribution < 1.29 is 8.78 Å². The molecule has 0 spiro atoms. The van der Waals surface area contributed by atoms with Crippen LogP contribution in [-0.4, -0.2) is 19.7 Å². The molecule has 4 rings (SSSR count). The Labute approximate surface area is 162 Å². The zero-order valence-corrected chi connectivity index (χ0v) is 15.1. The first-order chi connectivity index (χ1) is 12.9. The highest BCUT2D eigenvalue weighted by Gasteiger charge is 2.18. The molecule has 0 aliphatic heterocycles. The van der Waals surface area contributed by atoms with Crippen molar-refractivity contribution in [3.63, 3.8) is 0 Å². The van der Waals surface area contributed by atoms with Gasteiger partial charge in [-0.05, 0) is 24.3 Å². The predicted octanol–water partition coefficient (Wildman–Crippen LogP) is 4.71. The van der Waals surface area contributed by atoms with Gasteiger partial charge in [-0.15, -0.1) is 0 Å². The Morgan fingerprint density at radius 1 is 0.963 bits per heavy atom. The maximum Gasteiger partial charge on any atom is 0.186 e. The third-order valence-electron chi connectivity index (χ3n) is 4.02. The van der Waals surface area contributed by atoms with Gasteiger partial charge in [0.15, 0.2) is 11.5 Å². The summed E-state index contributed by atoms with van der Waals surface area (Å²) in [6, 6.07) is 8.70. The van der Waals surface area contributed by atoms with Gasteiger partial charge in [0, 0.05) is 21.8 Å². The molecule has 2 heterocycles. The van der Waals surface area contributed by atoms with E-state index < -0.39 is 11.6 Å². The van der Waals surface area contributed by atoms with E-state index in [9.17, 15) is 8.78 Å². The number of fused-ring (bicyclic) bond motifs is 1. The highest BCUT2D eigenvalue weighted by molar-refractivity contribution is 6.35. The molecule has 0 unspecified atom stereocenters. The first kappa shape index (κ1) is 17.6. The van der Waals surface area contributed by atoms with Crippen molar-refractivity contribution in [2.45, 2.75) is 6.54 Å². The SMILES string of the molecule is Nc1nc(-c2c(F)cccc2F)nc2nn(Cc3c(Cl)cccc3Cl)cc12. The van der Waals surface area contributed by atoms with Crippen LogP contribution in [-0.2, 0) is 6.54 Å². The zero-order valence-electron chi connectivity index (χ0n) is 13.6. The largest absolute Gasteiger partial charge is 0.383 e. The van der Waals surface area contributed by atoms with Crippen LogP contribution in [0.25, 0.3) is 22.4 Å². The van der Waals surface area contributed by atoms with Crippen molar-refractivity contribution in [3.8, 4) is 11.4 Å². The van der Waals surface area contributed by atoms with Crippen molar-refractivity contribution >= 4 is 40.1 Å². The van der Waals surface area contributed by atoms with Crippen LogP contribution >= 0.6 is 23.2 Å². The van der Waals surface area contributed by atoms with E-state index in [-0.39, 0.29) is 29.4 Å². The average molecular weight is 406 g/mol. The number of hydrogen-bond donors (Lipinski definition) is 1. The minimum Gasteiger partial charge on any atom is -0.383 e. The third-order valence-corrected chi connectivity index (χ3v) is 4.73. The molecule has 136 valence electrons. The van der Waals surface area contributed by atoms with E-state index >= 15 is 0 Å². The summed E-state index contributed by atoms with van der Waals surface area (Å²) in [4.78, 5) is 8.20. The molecule has 0 bridgehead atoms. The molecule has 4 aromatic rings. The van der Waals surface area contributed by atoms with E-state index in [4.69, 9.17) is 28.9 Å². The normalized spacial score (nSPS) is 11.3. The maximum atomic E-state index is 14.0. The van der Waals surface area contributed by atoms with Crippen LogP contribution in [0.3, 0.4) is 0 Å². The molecule has 0 aliphatic rings. The van der Waals surface area contributed by atoms with Gasteiger partial charge < -0.3 is 5.73 Å². The smallest absolute Gasteiger partial charge is 0.186 e.